The van der Waals surface area contributed by atoms with Crippen molar-refractivity contribution in [2.75, 3.05) is 6.54 Å². The molecule has 1 heterocycles. The molecule has 2 atom stereocenters. The van der Waals surface area contributed by atoms with Crippen LogP contribution in [-0.2, 0) is 0 Å². The Hall–Kier alpha value is -1.000. The van der Waals surface area contributed by atoms with E-state index in [4.69, 9.17) is 5.73 Å². The van der Waals surface area contributed by atoms with Crippen LogP contribution in [0.25, 0.3) is 10.2 Å². The number of rotatable bonds is 2. The van der Waals surface area contributed by atoms with E-state index in [-0.39, 0.29) is 5.82 Å². The molecule has 1 aliphatic rings. The minimum absolute atomic E-state index is 0.186. The zero-order chi connectivity index (χ0) is 11.8. The van der Waals surface area contributed by atoms with Gasteiger partial charge in [0.2, 0.25) is 0 Å². The van der Waals surface area contributed by atoms with Crippen LogP contribution in [-0.4, -0.2) is 11.5 Å². The molecule has 0 saturated heterocycles. The van der Waals surface area contributed by atoms with Crippen molar-refractivity contribution in [3.8, 4) is 0 Å². The van der Waals surface area contributed by atoms with Gasteiger partial charge in [-0.1, -0.05) is 6.42 Å². The van der Waals surface area contributed by atoms with Gasteiger partial charge in [0.25, 0.3) is 0 Å². The SMILES string of the molecule is NCC1CCCC1c1nc2ccc(F)cc2s1. The summed E-state index contributed by atoms with van der Waals surface area (Å²) in [5.74, 6) is 0.857. The lowest BCUT2D eigenvalue weighted by molar-refractivity contribution is 0.495. The third kappa shape index (κ3) is 1.96. The highest BCUT2D eigenvalue weighted by atomic mass is 32.1. The Morgan fingerprint density at radius 1 is 1.41 bits per heavy atom. The minimum atomic E-state index is -0.186. The maximum absolute atomic E-state index is 13.1. The first-order chi connectivity index (χ1) is 8.28. The summed E-state index contributed by atoms with van der Waals surface area (Å²) in [4.78, 5) is 4.63. The van der Waals surface area contributed by atoms with E-state index in [2.05, 4.69) is 4.98 Å². The van der Waals surface area contributed by atoms with Gasteiger partial charge < -0.3 is 5.73 Å². The molecule has 1 saturated carbocycles. The average Bonchev–Trinajstić information content (AvgIpc) is 2.93. The molecule has 1 fully saturated rings. The van der Waals surface area contributed by atoms with E-state index >= 15 is 0 Å². The normalized spacial score (nSPS) is 24.6. The summed E-state index contributed by atoms with van der Waals surface area (Å²) < 4.78 is 14.1. The molecule has 2 aromatic rings. The molecule has 90 valence electrons. The second kappa shape index (κ2) is 4.35. The van der Waals surface area contributed by atoms with Crippen LogP contribution < -0.4 is 5.73 Å². The first kappa shape index (κ1) is 11.1. The summed E-state index contributed by atoms with van der Waals surface area (Å²) in [5, 5.41) is 1.14. The summed E-state index contributed by atoms with van der Waals surface area (Å²) in [6, 6.07) is 4.81. The molecular weight excluding hydrogens is 235 g/mol. The number of benzene rings is 1. The van der Waals surface area contributed by atoms with E-state index in [0.29, 0.717) is 11.8 Å². The topological polar surface area (TPSA) is 38.9 Å². The maximum atomic E-state index is 13.1. The second-order valence-corrected chi connectivity index (χ2v) is 5.76. The molecule has 0 bridgehead atoms. The summed E-state index contributed by atoms with van der Waals surface area (Å²) in [7, 11) is 0. The van der Waals surface area contributed by atoms with Crippen LogP contribution in [0.3, 0.4) is 0 Å². The number of halogens is 1. The lowest BCUT2D eigenvalue weighted by atomic mass is 9.97. The summed E-state index contributed by atoms with van der Waals surface area (Å²) >= 11 is 1.62. The van der Waals surface area contributed by atoms with E-state index in [1.807, 2.05) is 0 Å². The number of thiazole rings is 1. The van der Waals surface area contributed by atoms with Crippen LogP contribution in [0.2, 0.25) is 0 Å². The number of hydrogen-bond donors (Lipinski definition) is 1. The van der Waals surface area contributed by atoms with Gasteiger partial charge in [-0.05, 0) is 43.5 Å². The molecule has 2 N–H and O–H groups in total. The van der Waals surface area contributed by atoms with Crippen LogP contribution in [0.4, 0.5) is 4.39 Å². The van der Waals surface area contributed by atoms with Gasteiger partial charge in [0.1, 0.15) is 5.82 Å². The molecular formula is C13H15FN2S. The number of hydrogen-bond acceptors (Lipinski definition) is 3. The Morgan fingerprint density at radius 2 is 2.29 bits per heavy atom. The highest BCUT2D eigenvalue weighted by molar-refractivity contribution is 7.18. The van der Waals surface area contributed by atoms with E-state index in [1.54, 1.807) is 23.5 Å². The molecule has 4 heteroatoms. The first-order valence-corrected chi connectivity index (χ1v) is 6.85. The Labute approximate surface area is 104 Å². The quantitative estimate of drug-likeness (QED) is 0.888. The number of nitrogens with two attached hydrogens (primary N) is 1. The predicted molar refractivity (Wildman–Crippen MR) is 68.7 cm³/mol. The lowest BCUT2D eigenvalue weighted by Crippen LogP contribution is -2.16. The monoisotopic (exact) mass is 250 g/mol. The zero-order valence-corrected chi connectivity index (χ0v) is 10.3. The minimum Gasteiger partial charge on any atom is -0.330 e. The molecule has 17 heavy (non-hydrogen) atoms. The van der Waals surface area contributed by atoms with Crippen LogP contribution in [0, 0.1) is 11.7 Å². The van der Waals surface area contributed by atoms with E-state index in [0.717, 1.165) is 21.8 Å². The van der Waals surface area contributed by atoms with Crippen LogP contribution in [0.15, 0.2) is 18.2 Å². The molecule has 0 amide bonds. The Morgan fingerprint density at radius 3 is 3.12 bits per heavy atom. The van der Waals surface area contributed by atoms with Gasteiger partial charge in [-0.2, -0.15) is 0 Å². The zero-order valence-electron chi connectivity index (χ0n) is 9.53. The smallest absolute Gasteiger partial charge is 0.124 e. The molecule has 3 rings (SSSR count). The third-order valence-electron chi connectivity index (χ3n) is 3.65. The summed E-state index contributed by atoms with van der Waals surface area (Å²) in [6.45, 7) is 0.731. The van der Waals surface area contributed by atoms with Gasteiger partial charge >= 0.3 is 0 Å². The summed E-state index contributed by atoms with van der Waals surface area (Å²) in [5.41, 5.74) is 6.71. The van der Waals surface area contributed by atoms with Crippen molar-refractivity contribution in [2.24, 2.45) is 11.7 Å². The van der Waals surface area contributed by atoms with Crippen LogP contribution >= 0.6 is 11.3 Å². The molecule has 1 aliphatic carbocycles. The Bertz CT molecular complexity index is 537. The van der Waals surface area contributed by atoms with Crippen molar-refractivity contribution >= 4 is 21.6 Å². The fourth-order valence-electron chi connectivity index (χ4n) is 2.72. The van der Waals surface area contributed by atoms with Gasteiger partial charge in [0, 0.05) is 5.92 Å². The third-order valence-corrected chi connectivity index (χ3v) is 4.80. The second-order valence-electron chi connectivity index (χ2n) is 4.70. The fraction of sp³-hybridized carbons (Fsp3) is 0.462. The molecule has 0 spiro atoms. The van der Waals surface area contributed by atoms with Crippen molar-refractivity contribution < 1.29 is 4.39 Å². The predicted octanol–water partition coefficient (Wildman–Crippen LogP) is 3.28. The number of aromatic nitrogens is 1. The van der Waals surface area contributed by atoms with Crippen molar-refractivity contribution in [2.45, 2.75) is 25.2 Å². The summed E-state index contributed by atoms with van der Waals surface area (Å²) in [6.07, 6.45) is 3.60. The molecule has 0 radical (unpaired) electrons. The standard InChI is InChI=1S/C13H15FN2S/c14-9-4-5-11-12(6-9)17-13(16-11)10-3-1-2-8(10)7-15/h4-6,8,10H,1-3,7,15H2. The Kier molecular flexibility index (Phi) is 2.84. The van der Waals surface area contributed by atoms with Crippen molar-refractivity contribution in [1.82, 2.24) is 4.98 Å². The van der Waals surface area contributed by atoms with Gasteiger partial charge in [-0.3, -0.25) is 0 Å². The molecule has 1 aromatic carbocycles. The molecule has 2 unspecified atom stereocenters. The van der Waals surface area contributed by atoms with Crippen LogP contribution in [0.1, 0.15) is 30.2 Å². The largest absolute Gasteiger partial charge is 0.330 e. The number of fused-ring (bicyclic) bond motifs is 1. The van der Waals surface area contributed by atoms with E-state index in [1.165, 1.54) is 25.3 Å². The fourth-order valence-corrected chi connectivity index (χ4v) is 3.94. The van der Waals surface area contributed by atoms with Crippen LogP contribution in [0.5, 0.6) is 0 Å². The van der Waals surface area contributed by atoms with Gasteiger partial charge in [0.05, 0.1) is 15.2 Å². The van der Waals surface area contributed by atoms with Gasteiger partial charge in [-0.25, -0.2) is 9.37 Å². The first-order valence-electron chi connectivity index (χ1n) is 6.04. The molecule has 2 nitrogen and oxygen atoms in total. The van der Waals surface area contributed by atoms with E-state index < -0.39 is 0 Å². The van der Waals surface area contributed by atoms with Crippen molar-refractivity contribution in [3.05, 3.63) is 29.0 Å². The maximum Gasteiger partial charge on any atom is 0.124 e. The lowest BCUT2D eigenvalue weighted by Gasteiger charge is -2.14. The number of nitrogens with zero attached hydrogens (tertiary/aromatic N) is 1. The van der Waals surface area contributed by atoms with Gasteiger partial charge in [0.15, 0.2) is 0 Å². The van der Waals surface area contributed by atoms with Crippen molar-refractivity contribution in [1.29, 1.82) is 0 Å². The molecule has 0 aliphatic heterocycles. The highest BCUT2D eigenvalue weighted by Gasteiger charge is 2.29. The average molecular weight is 250 g/mol. The van der Waals surface area contributed by atoms with Gasteiger partial charge in [-0.15, -0.1) is 11.3 Å². The van der Waals surface area contributed by atoms with E-state index in [9.17, 15) is 4.39 Å². The Balaban J connectivity index is 2.00. The van der Waals surface area contributed by atoms with Crippen molar-refractivity contribution in [3.63, 3.8) is 0 Å². The highest BCUT2D eigenvalue weighted by Crippen LogP contribution is 2.41. The molecule has 1 aromatic heterocycles.